The zero-order valence-corrected chi connectivity index (χ0v) is 16.7. The number of halogens is 1. The molecule has 4 rings (SSSR count). The normalized spacial score (nSPS) is 15.0. The van der Waals surface area contributed by atoms with Crippen molar-refractivity contribution in [3.05, 3.63) is 46.7 Å². The van der Waals surface area contributed by atoms with Crippen molar-refractivity contribution in [3.63, 3.8) is 0 Å². The molecule has 0 spiro atoms. The molecule has 0 atom stereocenters. The molecule has 2 aromatic heterocycles. The molecule has 0 fully saturated rings. The van der Waals surface area contributed by atoms with Crippen LogP contribution in [0.3, 0.4) is 0 Å². The minimum Gasteiger partial charge on any atom is -0.236 e. The summed E-state index contributed by atoms with van der Waals surface area (Å²) in [6, 6.07) is 6.32. The van der Waals surface area contributed by atoms with Crippen LogP contribution in [-0.2, 0) is 22.7 Å². The molecule has 0 radical (unpaired) electrons. The molecule has 2 heterocycles. The smallest absolute Gasteiger partial charge is 0.213 e. The van der Waals surface area contributed by atoms with E-state index in [-0.39, 0.29) is 9.79 Å². The average Bonchev–Trinajstić information content (AvgIpc) is 2.85. The second-order valence-corrected chi connectivity index (χ2v) is 9.44. The van der Waals surface area contributed by atoms with Gasteiger partial charge in [0.25, 0.3) is 0 Å². The largest absolute Gasteiger partial charge is 0.236 e. The number of aromatic nitrogens is 3. The number of thioether (sulfide) groups is 1. The van der Waals surface area contributed by atoms with Crippen molar-refractivity contribution >= 4 is 38.8 Å². The minimum atomic E-state index is -3.77. The first kappa shape index (κ1) is 17.8. The van der Waals surface area contributed by atoms with Crippen LogP contribution >= 0.6 is 23.4 Å². The fourth-order valence-corrected chi connectivity index (χ4v) is 6.11. The van der Waals surface area contributed by atoms with Crippen LogP contribution in [0, 0.1) is 0 Å². The summed E-state index contributed by atoms with van der Waals surface area (Å²) in [6.45, 7) is 0. The Hall–Kier alpha value is -1.57. The van der Waals surface area contributed by atoms with E-state index in [9.17, 15) is 8.42 Å². The second kappa shape index (κ2) is 6.87. The SMILES string of the molecule is CSc1nn2c3c(cnc2c1S(=O)(=O)c1cccc(Cl)c1)CCCCC3. The molecule has 0 aliphatic heterocycles. The number of rotatable bonds is 3. The fourth-order valence-electron chi connectivity index (χ4n) is 3.41. The summed E-state index contributed by atoms with van der Waals surface area (Å²) in [5, 5.41) is 5.46. The van der Waals surface area contributed by atoms with Gasteiger partial charge >= 0.3 is 0 Å². The third-order valence-electron chi connectivity index (χ3n) is 4.69. The lowest BCUT2D eigenvalue weighted by Crippen LogP contribution is -2.07. The number of hydrogen-bond acceptors (Lipinski definition) is 5. The van der Waals surface area contributed by atoms with Crippen molar-refractivity contribution < 1.29 is 8.42 Å². The highest BCUT2D eigenvalue weighted by Gasteiger charge is 2.30. The maximum absolute atomic E-state index is 13.3. The summed E-state index contributed by atoms with van der Waals surface area (Å²) in [6.07, 6.45) is 8.88. The van der Waals surface area contributed by atoms with Crippen LogP contribution < -0.4 is 0 Å². The molecule has 1 aliphatic carbocycles. The second-order valence-electron chi connectivity index (χ2n) is 6.33. The molecule has 3 aromatic rings. The first-order valence-electron chi connectivity index (χ1n) is 8.46. The van der Waals surface area contributed by atoms with Crippen LogP contribution in [0.1, 0.15) is 30.5 Å². The van der Waals surface area contributed by atoms with E-state index in [1.165, 1.54) is 24.2 Å². The van der Waals surface area contributed by atoms with Crippen LogP contribution in [0.5, 0.6) is 0 Å². The van der Waals surface area contributed by atoms with Crippen molar-refractivity contribution in [1.82, 2.24) is 14.6 Å². The Balaban J connectivity index is 1.99. The van der Waals surface area contributed by atoms with Gasteiger partial charge in [-0.3, -0.25) is 0 Å². The van der Waals surface area contributed by atoms with Gasteiger partial charge in [0.15, 0.2) is 10.5 Å². The minimum absolute atomic E-state index is 0.159. The Morgan fingerprint density at radius 3 is 2.77 bits per heavy atom. The number of aryl methyl sites for hydroxylation is 2. The monoisotopic (exact) mass is 407 g/mol. The predicted octanol–water partition coefficient (Wildman–Crippen LogP) is 4.21. The summed E-state index contributed by atoms with van der Waals surface area (Å²) in [7, 11) is -3.77. The highest BCUT2D eigenvalue weighted by atomic mass is 35.5. The number of fused-ring (bicyclic) bond motifs is 3. The zero-order valence-electron chi connectivity index (χ0n) is 14.3. The highest BCUT2D eigenvalue weighted by Crippen LogP contribution is 2.34. The zero-order chi connectivity index (χ0) is 18.3. The van der Waals surface area contributed by atoms with Gasteiger partial charge < -0.3 is 0 Å². The summed E-state index contributed by atoms with van der Waals surface area (Å²) in [5.41, 5.74) is 2.64. The molecule has 0 bridgehead atoms. The van der Waals surface area contributed by atoms with Gasteiger partial charge in [0.05, 0.1) is 4.90 Å². The molecule has 0 amide bonds. The average molecular weight is 408 g/mol. The number of hydrogen-bond donors (Lipinski definition) is 0. The van der Waals surface area contributed by atoms with Gasteiger partial charge in [-0.15, -0.1) is 11.8 Å². The topological polar surface area (TPSA) is 64.3 Å². The van der Waals surface area contributed by atoms with E-state index in [4.69, 9.17) is 11.6 Å². The van der Waals surface area contributed by atoms with E-state index in [1.54, 1.807) is 22.7 Å². The summed E-state index contributed by atoms with van der Waals surface area (Å²) >= 11 is 7.33. The van der Waals surface area contributed by atoms with E-state index in [1.807, 2.05) is 12.5 Å². The molecule has 0 saturated heterocycles. The lowest BCUT2D eigenvalue weighted by molar-refractivity contribution is 0.594. The van der Waals surface area contributed by atoms with Gasteiger partial charge in [-0.1, -0.05) is 24.1 Å². The molecule has 1 aromatic carbocycles. The molecule has 136 valence electrons. The van der Waals surface area contributed by atoms with Gasteiger partial charge in [-0.2, -0.15) is 5.10 Å². The first-order chi connectivity index (χ1) is 12.5. The van der Waals surface area contributed by atoms with Gasteiger partial charge in [0, 0.05) is 16.9 Å². The van der Waals surface area contributed by atoms with Crippen molar-refractivity contribution in [1.29, 1.82) is 0 Å². The van der Waals surface area contributed by atoms with E-state index in [0.29, 0.717) is 15.7 Å². The maximum atomic E-state index is 13.3. The van der Waals surface area contributed by atoms with E-state index >= 15 is 0 Å². The summed E-state index contributed by atoms with van der Waals surface area (Å²) in [4.78, 5) is 4.82. The Morgan fingerprint density at radius 2 is 2.00 bits per heavy atom. The molecule has 0 saturated carbocycles. The number of nitrogens with zero attached hydrogens (tertiary/aromatic N) is 3. The van der Waals surface area contributed by atoms with Crippen molar-refractivity contribution in [3.8, 4) is 0 Å². The standard InChI is InChI=1S/C18H18ClN3O2S2/c1-25-18-16(26(23,24)14-8-5-7-13(19)10-14)17-20-11-12-6-3-2-4-9-15(12)22(17)21-18/h5,7-8,10-11H,2-4,6,9H2,1H3. The Bertz CT molecular complexity index is 1090. The van der Waals surface area contributed by atoms with Crippen LogP contribution in [0.4, 0.5) is 0 Å². The van der Waals surface area contributed by atoms with Crippen molar-refractivity contribution in [2.45, 2.75) is 46.9 Å². The molecular formula is C18H18ClN3O2S2. The van der Waals surface area contributed by atoms with Crippen molar-refractivity contribution in [2.75, 3.05) is 6.26 Å². The quantitative estimate of drug-likeness (QED) is 0.480. The van der Waals surface area contributed by atoms with Gasteiger partial charge in [0.1, 0.15) is 5.03 Å². The predicted molar refractivity (Wildman–Crippen MR) is 103 cm³/mol. The summed E-state index contributed by atoms with van der Waals surface area (Å²) in [5.74, 6) is 0. The van der Waals surface area contributed by atoms with Gasteiger partial charge in [-0.25, -0.2) is 17.9 Å². The van der Waals surface area contributed by atoms with Crippen LogP contribution in [0.2, 0.25) is 5.02 Å². The molecular weight excluding hydrogens is 390 g/mol. The summed E-state index contributed by atoms with van der Waals surface area (Å²) < 4.78 is 28.4. The fraction of sp³-hybridized carbons (Fsp3) is 0.333. The Morgan fingerprint density at radius 1 is 1.19 bits per heavy atom. The maximum Gasteiger partial charge on any atom is 0.213 e. The lowest BCUT2D eigenvalue weighted by Gasteiger charge is -2.08. The van der Waals surface area contributed by atoms with Gasteiger partial charge in [0.2, 0.25) is 9.84 Å². The molecule has 8 heteroatoms. The first-order valence-corrected chi connectivity index (χ1v) is 11.5. The molecule has 0 N–H and O–H groups in total. The third kappa shape index (κ3) is 2.92. The van der Waals surface area contributed by atoms with Crippen molar-refractivity contribution in [2.24, 2.45) is 0 Å². The van der Waals surface area contributed by atoms with Crippen LogP contribution in [-0.4, -0.2) is 29.3 Å². The lowest BCUT2D eigenvalue weighted by atomic mass is 10.1. The van der Waals surface area contributed by atoms with Crippen LogP contribution in [0.25, 0.3) is 5.65 Å². The highest BCUT2D eigenvalue weighted by molar-refractivity contribution is 7.99. The van der Waals surface area contributed by atoms with E-state index in [2.05, 4.69) is 10.1 Å². The molecule has 0 unspecified atom stereocenters. The Labute approximate surface area is 161 Å². The number of sulfone groups is 1. The third-order valence-corrected chi connectivity index (χ3v) is 7.51. The van der Waals surface area contributed by atoms with Gasteiger partial charge in [-0.05, 0) is 55.7 Å². The van der Waals surface area contributed by atoms with E-state index < -0.39 is 9.84 Å². The number of benzene rings is 1. The Kier molecular flexibility index (Phi) is 4.71. The molecule has 1 aliphatic rings. The van der Waals surface area contributed by atoms with Crippen LogP contribution in [0.15, 0.2) is 45.3 Å². The molecule has 26 heavy (non-hydrogen) atoms. The van der Waals surface area contributed by atoms with E-state index in [0.717, 1.165) is 36.9 Å². The molecule has 5 nitrogen and oxygen atoms in total.